The van der Waals surface area contributed by atoms with E-state index in [9.17, 15) is 9.59 Å². The minimum absolute atomic E-state index is 0.0516. The van der Waals surface area contributed by atoms with Crippen LogP contribution < -0.4 is 10.6 Å². The van der Waals surface area contributed by atoms with E-state index in [0.717, 1.165) is 12.0 Å². The summed E-state index contributed by atoms with van der Waals surface area (Å²) in [7, 11) is 0. The minimum atomic E-state index is -0.844. The Morgan fingerprint density at radius 2 is 2.00 bits per heavy atom. The molecule has 1 aromatic rings. The van der Waals surface area contributed by atoms with Crippen LogP contribution in [-0.4, -0.2) is 23.1 Å². The maximum Gasteiger partial charge on any atom is 0.319 e. The number of urea groups is 1. The molecule has 2 rings (SSSR count). The van der Waals surface area contributed by atoms with E-state index in [1.54, 1.807) is 6.07 Å². The molecule has 0 aromatic heterocycles. The summed E-state index contributed by atoms with van der Waals surface area (Å²) >= 11 is 0. The normalized spacial score (nSPS) is 19.2. The lowest BCUT2D eigenvalue weighted by Gasteiger charge is -2.12. The molecule has 0 heterocycles. The summed E-state index contributed by atoms with van der Waals surface area (Å²) in [6.07, 6.45) is 1.44. The standard InChI is InChI=1S/C15H20N2O3/c1-15(2)9-12(15)17-14(20)16-11-6-4-3-5-10(11)7-8-13(18)19/h3-6,12H,7-9H2,1-2H3,(H,18,19)(H2,16,17,20). The van der Waals surface area contributed by atoms with Gasteiger partial charge in [0.15, 0.2) is 0 Å². The highest BCUT2D eigenvalue weighted by molar-refractivity contribution is 5.90. The van der Waals surface area contributed by atoms with Crippen molar-refractivity contribution in [2.75, 3.05) is 5.32 Å². The molecule has 5 heteroatoms. The Morgan fingerprint density at radius 3 is 2.60 bits per heavy atom. The summed E-state index contributed by atoms with van der Waals surface area (Å²) in [5, 5.41) is 14.5. The zero-order chi connectivity index (χ0) is 14.8. The third-order valence-corrected chi connectivity index (χ3v) is 3.69. The smallest absolute Gasteiger partial charge is 0.319 e. The molecule has 1 fully saturated rings. The van der Waals surface area contributed by atoms with Crippen molar-refractivity contribution in [3.63, 3.8) is 0 Å². The van der Waals surface area contributed by atoms with Crippen LogP contribution in [0.15, 0.2) is 24.3 Å². The van der Waals surface area contributed by atoms with Crippen molar-refractivity contribution in [2.24, 2.45) is 5.41 Å². The second kappa shape index (κ2) is 5.53. The molecule has 1 aliphatic carbocycles. The van der Waals surface area contributed by atoms with Gasteiger partial charge in [-0.15, -0.1) is 0 Å². The second-order valence-electron chi connectivity index (χ2n) is 5.89. The molecular formula is C15H20N2O3. The van der Waals surface area contributed by atoms with E-state index in [1.807, 2.05) is 18.2 Å². The largest absolute Gasteiger partial charge is 0.481 e. The van der Waals surface area contributed by atoms with E-state index in [2.05, 4.69) is 24.5 Å². The highest BCUT2D eigenvalue weighted by Crippen LogP contribution is 2.44. The minimum Gasteiger partial charge on any atom is -0.481 e. The number of anilines is 1. The zero-order valence-electron chi connectivity index (χ0n) is 11.8. The van der Waals surface area contributed by atoms with Crippen molar-refractivity contribution in [2.45, 2.75) is 39.2 Å². The summed E-state index contributed by atoms with van der Waals surface area (Å²) in [4.78, 5) is 22.5. The number of carbonyl (C=O) groups is 2. The summed E-state index contributed by atoms with van der Waals surface area (Å²) in [6, 6.07) is 7.26. The topological polar surface area (TPSA) is 78.4 Å². The fourth-order valence-electron chi connectivity index (χ4n) is 2.13. The molecule has 3 N–H and O–H groups in total. The number of hydrogen-bond donors (Lipinski definition) is 3. The first-order chi connectivity index (χ1) is 9.38. The molecule has 0 spiro atoms. The number of aryl methyl sites for hydroxylation is 1. The number of nitrogens with one attached hydrogen (secondary N) is 2. The van der Waals surface area contributed by atoms with E-state index in [0.29, 0.717) is 12.1 Å². The molecule has 1 saturated carbocycles. The highest BCUT2D eigenvalue weighted by atomic mass is 16.4. The van der Waals surface area contributed by atoms with E-state index in [4.69, 9.17) is 5.11 Å². The lowest BCUT2D eigenvalue weighted by Crippen LogP contribution is -2.32. The predicted octanol–water partition coefficient (Wildman–Crippen LogP) is 2.62. The van der Waals surface area contributed by atoms with Crippen LogP contribution in [0.25, 0.3) is 0 Å². The van der Waals surface area contributed by atoms with E-state index in [1.165, 1.54) is 0 Å². The Hall–Kier alpha value is -2.04. The molecule has 20 heavy (non-hydrogen) atoms. The van der Waals surface area contributed by atoms with Gasteiger partial charge in [-0.2, -0.15) is 0 Å². The lowest BCUT2D eigenvalue weighted by molar-refractivity contribution is -0.136. The first-order valence-electron chi connectivity index (χ1n) is 6.76. The molecule has 1 aromatic carbocycles. The third-order valence-electron chi connectivity index (χ3n) is 3.69. The molecule has 1 aliphatic rings. The van der Waals surface area contributed by atoms with E-state index in [-0.39, 0.29) is 23.9 Å². The van der Waals surface area contributed by atoms with Crippen LogP contribution in [-0.2, 0) is 11.2 Å². The van der Waals surface area contributed by atoms with Crippen molar-refractivity contribution >= 4 is 17.7 Å². The number of amides is 2. The Balaban J connectivity index is 1.94. The highest BCUT2D eigenvalue weighted by Gasteiger charge is 2.46. The first kappa shape index (κ1) is 14.4. The van der Waals surface area contributed by atoms with Gasteiger partial charge in [-0.1, -0.05) is 32.0 Å². The lowest BCUT2D eigenvalue weighted by atomic mass is 10.1. The summed E-state index contributed by atoms with van der Waals surface area (Å²) in [5.41, 5.74) is 1.69. The Bertz CT molecular complexity index is 526. The fraction of sp³-hybridized carbons (Fsp3) is 0.467. The van der Waals surface area contributed by atoms with Gasteiger partial charge in [0.1, 0.15) is 0 Å². The van der Waals surface area contributed by atoms with E-state index < -0.39 is 5.97 Å². The van der Waals surface area contributed by atoms with Crippen LogP contribution in [0.1, 0.15) is 32.3 Å². The van der Waals surface area contributed by atoms with Gasteiger partial charge in [0.05, 0.1) is 0 Å². The SMILES string of the molecule is CC1(C)CC1NC(=O)Nc1ccccc1CCC(=O)O. The first-order valence-corrected chi connectivity index (χ1v) is 6.76. The molecule has 2 amide bonds. The average Bonchev–Trinajstić information content (AvgIpc) is 2.95. The monoisotopic (exact) mass is 276 g/mol. The number of para-hydroxylation sites is 1. The molecule has 0 saturated heterocycles. The maximum absolute atomic E-state index is 11.9. The molecule has 108 valence electrons. The van der Waals surface area contributed by atoms with Gasteiger partial charge in [-0.05, 0) is 29.9 Å². The van der Waals surface area contributed by atoms with Crippen LogP contribution in [0, 0.1) is 5.41 Å². The maximum atomic E-state index is 11.9. The number of carbonyl (C=O) groups excluding carboxylic acids is 1. The van der Waals surface area contributed by atoms with Gasteiger partial charge < -0.3 is 15.7 Å². The van der Waals surface area contributed by atoms with Gasteiger partial charge in [0, 0.05) is 18.2 Å². The van der Waals surface area contributed by atoms with Gasteiger partial charge in [0.25, 0.3) is 0 Å². The third kappa shape index (κ3) is 3.73. The Labute approximate surface area is 118 Å². The summed E-state index contributed by atoms with van der Waals surface area (Å²) < 4.78 is 0. The Morgan fingerprint density at radius 1 is 1.35 bits per heavy atom. The number of rotatable bonds is 5. The van der Waals surface area contributed by atoms with Crippen LogP contribution in [0.3, 0.4) is 0 Å². The van der Waals surface area contributed by atoms with Crippen molar-refractivity contribution in [3.8, 4) is 0 Å². The number of carboxylic acids is 1. The predicted molar refractivity (Wildman–Crippen MR) is 76.7 cm³/mol. The quantitative estimate of drug-likeness (QED) is 0.773. The molecule has 1 atom stereocenters. The van der Waals surface area contributed by atoms with Crippen LogP contribution in [0.2, 0.25) is 0 Å². The van der Waals surface area contributed by atoms with E-state index >= 15 is 0 Å². The Kier molecular flexibility index (Phi) is 3.97. The second-order valence-corrected chi connectivity index (χ2v) is 5.89. The number of benzene rings is 1. The molecular weight excluding hydrogens is 256 g/mol. The summed E-state index contributed by atoms with van der Waals surface area (Å²) in [6.45, 7) is 4.22. The summed E-state index contributed by atoms with van der Waals surface area (Å²) in [5.74, 6) is -0.844. The number of aliphatic carboxylic acids is 1. The van der Waals surface area contributed by atoms with Gasteiger partial charge in [0.2, 0.25) is 0 Å². The van der Waals surface area contributed by atoms with Gasteiger partial charge >= 0.3 is 12.0 Å². The van der Waals surface area contributed by atoms with Crippen molar-refractivity contribution in [1.29, 1.82) is 0 Å². The van der Waals surface area contributed by atoms with Crippen molar-refractivity contribution in [1.82, 2.24) is 5.32 Å². The van der Waals surface area contributed by atoms with Crippen LogP contribution >= 0.6 is 0 Å². The van der Waals surface area contributed by atoms with Crippen molar-refractivity contribution in [3.05, 3.63) is 29.8 Å². The number of hydrogen-bond acceptors (Lipinski definition) is 2. The molecule has 5 nitrogen and oxygen atoms in total. The molecule has 0 bridgehead atoms. The molecule has 1 unspecified atom stereocenters. The van der Waals surface area contributed by atoms with Gasteiger partial charge in [-0.25, -0.2) is 4.79 Å². The molecule has 0 radical (unpaired) electrons. The van der Waals surface area contributed by atoms with Crippen molar-refractivity contribution < 1.29 is 14.7 Å². The van der Waals surface area contributed by atoms with Crippen LogP contribution in [0.4, 0.5) is 10.5 Å². The van der Waals surface area contributed by atoms with Crippen LogP contribution in [0.5, 0.6) is 0 Å². The van der Waals surface area contributed by atoms with Gasteiger partial charge in [-0.3, -0.25) is 4.79 Å². The molecule has 0 aliphatic heterocycles. The zero-order valence-corrected chi connectivity index (χ0v) is 11.8. The average molecular weight is 276 g/mol. The number of carboxylic acid groups (broad SMARTS) is 1. The fourth-order valence-corrected chi connectivity index (χ4v) is 2.13.